The Morgan fingerprint density at radius 1 is 1.19 bits per heavy atom. The van der Waals surface area contributed by atoms with Crippen LogP contribution in [0.4, 0.5) is 0 Å². The van der Waals surface area contributed by atoms with Crippen molar-refractivity contribution in [2.24, 2.45) is 5.41 Å². The Morgan fingerprint density at radius 2 is 1.90 bits per heavy atom. The lowest BCUT2D eigenvalue weighted by molar-refractivity contribution is -0.152. The largest absolute Gasteiger partial charge is 0.378 e. The van der Waals surface area contributed by atoms with Gasteiger partial charge in [-0.2, -0.15) is 0 Å². The van der Waals surface area contributed by atoms with Gasteiger partial charge in [0.25, 0.3) is 0 Å². The topological polar surface area (TPSA) is 76.2 Å². The maximum Gasteiger partial charge on any atom is 0.233 e. The number of morpholine rings is 1. The molecule has 3 aliphatic heterocycles. The molecule has 0 radical (unpaired) electrons. The summed E-state index contributed by atoms with van der Waals surface area (Å²) in [5.74, 6) is 0.0293. The van der Waals surface area contributed by atoms with Crippen LogP contribution in [0, 0.1) is 5.41 Å². The third kappa shape index (κ3) is 2.69. The Kier molecular flexibility index (Phi) is 3.98. The predicted octanol–water partition coefficient (Wildman–Crippen LogP) is -0.714. The highest BCUT2D eigenvalue weighted by Crippen LogP contribution is 2.43. The van der Waals surface area contributed by atoms with E-state index in [0.29, 0.717) is 52.3 Å². The lowest BCUT2D eigenvalue weighted by atomic mass is 9.76. The fourth-order valence-corrected chi connectivity index (χ4v) is 4.48. The zero-order valence-electron chi connectivity index (χ0n) is 12.3. The Bertz CT molecular complexity index is 517. The molecule has 7 nitrogen and oxygen atoms in total. The average molecular weight is 318 g/mol. The van der Waals surface area contributed by atoms with Crippen LogP contribution in [0.25, 0.3) is 0 Å². The summed E-state index contributed by atoms with van der Waals surface area (Å²) in [5, 5.41) is 0. The minimum Gasteiger partial charge on any atom is -0.378 e. The number of rotatable bonds is 2. The molecule has 0 aliphatic carbocycles. The zero-order valence-corrected chi connectivity index (χ0v) is 13.1. The minimum absolute atomic E-state index is 0.0293. The summed E-state index contributed by atoms with van der Waals surface area (Å²) in [6, 6.07) is 0. The molecular formula is C13H22N2O5S. The van der Waals surface area contributed by atoms with Crippen molar-refractivity contribution in [3.05, 3.63) is 0 Å². The molecule has 3 aliphatic rings. The van der Waals surface area contributed by atoms with E-state index >= 15 is 0 Å². The summed E-state index contributed by atoms with van der Waals surface area (Å²) >= 11 is 0. The van der Waals surface area contributed by atoms with Gasteiger partial charge in [-0.3, -0.25) is 4.79 Å². The SMILES string of the molecule is CS(=O)(=O)N1CC[C@H]2OCC[C@]2(C(=O)N2CCOCC2)C1. The molecule has 0 unspecified atom stereocenters. The number of fused-ring (bicyclic) bond motifs is 1. The molecule has 120 valence electrons. The smallest absolute Gasteiger partial charge is 0.233 e. The number of sulfonamides is 1. The lowest BCUT2D eigenvalue weighted by Crippen LogP contribution is -2.60. The van der Waals surface area contributed by atoms with Crippen LogP contribution in [0.15, 0.2) is 0 Å². The summed E-state index contributed by atoms with van der Waals surface area (Å²) in [6.07, 6.45) is 2.23. The van der Waals surface area contributed by atoms with Gasteiger partial charge in [0.15, 0.2) is 0 Å². The molecule has 21 heavy (non-hydrogen) atoms. The summed E-state index contributed by atoms with van der Waals surface area (Å²) in [5.41, 5.74) is -0.710. The van der Waals surface area contributed by atoms with Gasteiger partial charge in [-0.05, 0) is 12.8 Å². The molecule has 3 heterocycles. The Labute approximate surface area is 125 Å². The summed E-state index contributed by atoms with van der Waals surface area (Å²) in [6.45, 7) is 3.44. The standard InChI is InChI=1S/C13H22N2O5S/c1-21(17,18)15-4-2-11-13(10-15,3-7-20-11)12(16)14-5-8-19-9-6-14/h11H,2-10H2,1H3/t11-,13+/m1/s1. The number of hydrogen-bond acceptors (Lipinski definition) is 5. The van der Waals surface area contributed by atoms with E-state index in [1.807, 2.05) is 0 Å². The van der Waals surface area contributed by atoms with Gasteiger partial charge in [0.05, 0.1) is 31.0 Å². The molecule has 0 aromatic heterocycles. The van der Waals surface area contributed by atoms with Crippen molar-refractivity contribution in [1.82, 2.24) is 9.21 Å². The van der Waals surface area contributed by atoms with E-state index in [2.05, 4.69) is 0 Å². The first-order valence-electron chi connectivity index (χ1n) is 7.37. The van der Waals surface area contributed by atoms with Gasteiger partial charge in [-0.1, -0.05) is 0 Å². The first kappa shape index (κ1) is 15.2. The van der Waals surface area contributed by atoms with E-state index < -0.39 is 15.4 Å². The summed E-state index contributed by atoms with van der Waals surface area (Å²) in [7, 11) is -3.28. The van der Waals surface area contributed by atoms with Crippen molar-refractivity contribution in [2.45, 2.75) is 18.9 Å². The second-order valence-electron chi connectivity index (χ2n) is 6.06. The third-order valence-corrected chi connectivity index (χ3v) is 6.03. The average Bonchev–Trinajstić information content (AvgIpc) is 2.90. The van der Waals surface area contributed by atoms with Crippen LogP contribution < -0.4 is 0 Å². The molecule has 0 aromatic rings. The van der Waals surface area contributed by atoms with Crippen molar-refractivity contribution >= 4 is 15.9 Å². The highest BCUT2D eigenvalue weighted by molar-refractivity contribution is 7.88. The van der Waals surface area contributed by atoms with Gasteiger partial charge in [0.2, 0.25) is 15.9 Å². The highest BCUT2D eigenvalue weighted by atomic mass is 32.2. The van der Waals surface area contributed by atoms with E-state index in [-0.39, 0.29) is 18.6 Å². The Morgan fingerprint density at radius 3 is 2.57 bits per heavy atom. The molecule has 0 aromatic carbocycles. The molecule has 1 amide bonds. The number of nitrogens with zero attached hydrogens (tertiary/aromatic N) is 2. The Balaban J connectivity index is 1.85. The number of amides is 1. The molecule has 2 atom stereocenters. The molecule has 0 bridgehead atoms. The monoisotopic (exact) mass is 318 g/mol. The van der Waals surface area contributed by atoms with E-state index in [9.17, 15) is 13.2 Å². The molecule has 3 rings (SSSR count). The molecule has 3 saturated heterocycles. The van der Waals surface area contributed by atoms with Gasteiger partial charge in [-0.25, -0.2) is 12.7 Å². The second-order valence-corrected chi connectivity index (χ2v) is 8.04. The van der Waals surface area contributed by atoms with Gasteiger partial charge in [-0.15, -0.1) is 0 Å². The molecule has 0 spiro atoms. The van der Waals surface area contributed by atoms with Gasteiger partial charge >= 0.3 is 0 Å². The van der Waals surface area contributed by atoms with Crippen molar-refractivity contribution < 1.29 is 22.7 Å². The number of carbonyl (C=O) groups excluding carboxylic acids is 1. The van der Waals surface area contributed by atoms with Crippen LogP contribution in [0.5, 0.6) is 0 Å². The molecule has 8 heteroatoms. The van der Waals surface area contributed by atoms with Gasteiger partial charge in [0, 0.05) is 32.8 Å². The zero-order chi connectivity index (χ0) is 15.1. The molecular weight excluding hydrogens is 296 g/mol. The molecule has 0 N–H and O–H groups in total. The first-order valence-corrected chi connectivity index (χ1v) is 9.22. The predicted molar refractivity (Wildman–Crippen MR) is 75.2 cm³/mol. The fourth-order valence-electron chi connectivity index (χ4n) is 3.58. The van der Waals surface area contributed by atoms with Crippen LogP contribution in [0.1, 0.15) is 12.8 Å². The normalized spacial score (nSPS) is 34.7. The maximum atomic E-state index is 13.0. The lowest BCUT2D eigenvalue weighted by Gasteiger charge is -2.44. The second kappa shape index (κ2) is 5.49. The summed E-state index contributed by atoms with van der Waals surface area (Å²) < 4.78 is 36.2. The number of piperidine rings is 1. The Hall–Kier alpha value is -0.700. The van der Waals surface area contributed by atoms with Crippen LogP contribution >= 0.6 is 0 Å². The van der Waals surface area contributed by atoms with Crippen LogP contribution in [-0.2, 0) is 24.3 Å². The van der Waals surface area contributed by atoms with Gasteiger partial charge < -0.3 is 14.4 Å². The van der Waals surface area contributed by atoms with E-state index in [4.69, 9.17) is 9.47 Å². The first-order chi connectivity index (χ1) is 9.93. The van der Waals surface area contributed by atoms with E-state index in [1.165, 1.54) is 10.6 Å². The third-order valence-electron chi connectivity index (χ3n) is 4.78. The van der Waals surface area contributed by atoms with Gasteiger partial charge in [0.1, 0.15) is 0 Å². The molecule has 0 saturated carbocycles. The van der Waals surface area contributed by atoms with Crippen molar-refractivity contribution in [2.75, 3.05) is 52.3 Å². The summed E-state index contributed by atoms with van der Waals surface area (Å²) in [4.78, 5) is 14.8. The quantitative estimate of drug-likeness (QED) is 0.672. The van der Waals surface area contributed by atoms with E-state index in [0.717, 1.165) is 0 Å². The number of hydrogen-bond donors (Lipinski definition) is 0. The fraction of sp³-hybridized carbons (Fsp3) is 0.923. The van der Waals surface area contributed by atoms with E-state index in [1.54, 1.807) is 4.90 Å². The van der Waals surface area contributed by atoms with Crippen LogP contribution in [0.3, 0.4) is 0 Å². The maximum absolute atomic E-state index is 13.0. The molecule has 3 fully saturated rings. The highest BCUT2D eigenvalue weighted by Gasteiger charge is 2.55. The van der Waals surface area contributed by atoms with Crippen molar-refractivity contribution in [3.8, 4) is 0 Å². The number of ether oxygens (including phenoxy) is 2. The van der Waals surface area contributed by atoms with Crippen molar-refractivity contribution in [3.63, 3.8) is 0 Å². The van der Waals surface area contributed by atoms with Crippen molar-refractivity contribution in [1.29, 1.82) is 0 Å². The number of carbonyl (C=O) groups is 1. The van der Waals surface area contributed by atoms with Crippen LogP contribution in [0.2, 0.25) is 0 Å². The minimum atomic E-state index is -3.28. The van der Waals surface area contributed by atoms with Crippen LogP contribution in [-0.4, -0.2) is 81.9 Å².